The molecule has 2 saturated heterocycles. The fraction of sp³-hybridized carbons (Fsp3) is 0.588. The van der Waals surface area contributed by atoms with Gasteiger partial charge in [-0.2, -0.15) is 0 Å². The maximum absolute atomic E-state index is 5.55. The van der Waals surface area contributed by atoms with Crippen molar-refractivity contribution in [2.45, 2.75) is 6.54 Å². The fourth-order valence-electron chi connectivity index (χ4n) is 3.00. The summed E-state index contributed by atoms with van der Waals surface area (Å²) in [5.41, 5.74) is 1.22. The minimum Gasteiger partial charge on any atom is -0.496 e. The molecule has 2 aliphatic rings. The predicted octanol–water partition coefficient (Wildman–Crippen LogP) is 2.08. The van der Waals surface area contributed by atoms with Crippen LogP contribution in [0.1, 0.15) is 5.56 Å². The molecule has 1 aromatic carbocycles. The van der Waals surface area contributed by atoms with Crippen LogP contribution in [0.3, 0.4) is 0 Å². The lowest BCUT2D eigenvalue weighted by atomic mass is 10.2. The normalized spacial score (nSPS) is 20.4. The van der Waals surface area contributed by atoms with Crippen LogP contribution >= 0.6 is 24.0 Å². The molecule has 0 unspecified atom stereocenters. The molecule has 5 nitrogen and oxygen atoms in total. The number of thiocarbonyl (C=S) groups is 1. The second-order valence-corrected chi connectivity index (χ2v) is 7.62. The lowest BCUT2D eigenvalue weighted by Crippen LogP contribution is -2.48. The van der Waals surface area contributed by atoms with Crippen molar-refractivity contribution in [1.29, 1.82) is 0 Å². The van der Waals surface area contributed by atoms with E-state index in [-0.39, 0.29) is 0 Å². The molecule has 1 aromatic rings. The van der Waals surface area contributed by atoms with Gasteiger partial charge >= 0.3 is 0 Å². The third kappa shape index (κ3) is 4.83. The first-order chi connectivity index (χ1) is 11.8. The van der Waals surface area contributed by atoms with Crippen LogP contribution in [0.4, 0.5) is 0 Å². The van der Waals surface area contributed by atoms with Gasteiger partial charge in [0.05, 0.1) is 32.9 Å². The van der Waals surface area contributed by atoms with Gasteiger partial charge in [-0.1, -0.05) is 42.2 Å². The Morgan fingerprint density at radius 2 is 1.96 bits per heavy atom. The molecule has 0 saturated carbocycles. The number of thioether (sulfide) groups is 1. The summed E-state index contributed by atoms with van der Waals surface area (Å²) in [7, 11) is 1.73. The summed E-state index contributed by atoms with van der Waals surface area (Å²) < 4.78 is 11.9. The Morgan fingerprint density at radius 3 is 2.75 bits per heavy atom. The monoisotopic (exact) mass is 367 g/mol. The predicted molar refractivity (Wildman–Crippen MR) is 102 cm³/mol. The van der Waals surface area contributed by atoms with Crippen molar-refractivity contribution in [2.24, 2.45) is 0 Å². The molecule has 3 rings (SSSR count). The third-order valence-electron chi connectivity index (χ3n) is 4.38. The highest BCUT2D eigenvalue weighted by atomic mass is 32.2. The summed E-state index contributed by atoms with van der Waals surface area (Å²) in [6, 6.07) is 8.23. The molecule has 2 fully saturated rings. The average Bonchev–Trinajstić information content (AvgIpc) is 2.63. The zero-order valence-corrected chi connectivity index (χ0v) is 15.8. The molecule has 24 heavy (non-hydrogen) atoms. The van der Waals surface area contributed by atoms with E-state index in [0.717, 1.165) is 68.6 Å². The van der Waals surface area contributed by atoms with Crippen LogP contribution in [0, 0.1) is 0 Å². The van der Waals surface area contributed by atoms with Crippen molar-refractivity contribution in [3.63, 3.8) is 0 Å². The van der Waals surface area contributed by atoms with Gasteiger partial charge in [0, 0.05) is 38.3 Å². The Kier molecular flexibility index (Phi) is 6.74. The maximum Gasteiger partial charge on any atom is 0.138 e. The molecular weight excluding hydrogens is 342 g/mol. The first kappa shape index (κ1) is 17.9. The van der Waals surface area contributed by atoms with Gasteiger partial charge in [0.15, 0.2) is 0 Å². The summed E-state index contributed by atoms with van der Waals surface area (Å²) in [5.74, 6) is 1.89. The molecule has 2 heterocycles. The summed E-state index contributed by atoms with van der Waals surface area (Å²) in [6.45, 7) is 7.54. The van der Waals surface area contributed by atoms with Gasteiger partial charge in [-0.05, 0) is 6.07 Å². The minimum absolute atomic E-state index is 0.846. The summed E-state index contributed by atoms with van der Waals surface area (Å²) in [5, 5.41) is 0. The highest BCUT2D eigenvalue weighted by Gasteiger charge is 2.23. The quantitative estimate of drug-likeness (QED) is 0.711. The molecule has 0 aliphatic carbocycles. The van der Waals surface area contributed by atoms with E-state index in [2.05, 4.69) is 26.8 Å². The molecule has 0 radical (unpaired) electrons. The largest absolute Gasteiger partial charge is 0.496 e. The van der Waals surface area contributed by atoms with E-state index in [9.17, 15) is 0 Å². The van der Waals surface area contributed by atoms with E-state index in [1.165, 1.54) is 5.56 Å². The van der Waals surface area contributed by atoms with Crippen LogP contribution in [0.25, 0.3) is 0 Å². The van der Waals surface area contributed by atoms with Crippen LogP contribution in [-0.4, -0.2) is 78.1 Å². The van der Waals surface area contributed by atoms with E-state index in [1.54, 1.807) is 18.9 Å². The molecule has 0 aromatic heterocycles. The van der Waals surface area contributed by atoms with E-state index < -0.39 is 0 Å². The molecule has 0 N–H and O–H groups in total. The molecule has 0 spiro atoms. The first-order valence-electron chi connectivity index (χ1n) is 8.32. The minimum atomic E-state index is 0.846. The molecular formula is C17H25N3O2S2. The number of ether oxygens (including phenoxy) is 2. The van der Waals surface area contributed by atoms with E-state index >= 15 is 0 Å². The highest BCUT2D eigenvalue weighted by Crippen LogP contribution is 2.24. The first-order valence-corrected chi connectivity index (χ1v) is 9.71. The molecule has 2 aliphatic heterocycles. The maximum atomic E-state index is 5.55. The van der Waals surface area contributed by atoms with E-state index in [1.807, 2.05) is 12.1 Å². The molecule has 0 bridgehead atoms. The van der Waals surface area contributed by atoms with Crippen molar-refractivity contribution in [3.8, 4) is 5.75 Å². The Labute approximate surface area is 153 Å². The second-order valence-electron chi connectivity index (χ2n) is 6.04. The van der Waals surface area contributed by atoms with E-state index in [4.69, 9.17) is 21.7 Å². The lowest BCUT2D eigenvalue weighted by molar-refractivity contribution is 0.0344. The molecule has 132 valence electrons. The van der Waals surface area contributed by atoms with Crippen LogP contribution in [0.2, 0.25) is 0 Å². The van der Waals surface area contributed by atoms with Gasteiger partial charge in [0.1, 0.15) is 10.1 Å². The number of benzene rings is 1. The second kappa shape index (κ2) is 9.01. The fourth-order valence-corrected chi connectivity index (χ4v) is 4.10. The third-order valence-corrected chi connectivity index (χ3v) is 5.99. The average molecular weight is 368 g/mol. The number of para-hydroxylation sites is 1. The Hall–Kier alpha value is -0.860. The van der Waals surface area contributed by atoms with Crippen LogP contribution in [-0.2, 0) is 11.3 Å². The van der Waals surface area contributed by atoms with Crippen molar-refractivity contribution in [3.05, 3.63) is 29.8 Å². The zero-order chi connectivity index (χ0) is 16.8. The number of hydrogen-bond acceptors (Lipinski definition) is 6. The van der Waals surface area contributed by atoms with Gasteiger partial charge in [0.25, 0.3) is 0 Å². The van der Waals surface area contributed by atoms with E-state index in [0.29, 0.717) is 0 Å². The number of rotatable bonds is 6. The SMILES string of the molecule is COc1ccccc1CN1CSC(=S)N(CCN2CCOCC2)C1. The Morgan fingerprint density at radius 1 is 1.17 bits per heavy atom. The topological polar surface area (TPSA) is 28.2 Å². The Bertz CT molecular complexity index is 552. The standard InChI is InChI=1S/C17H25N3O2S2/c1-21-16-5-3-2-4-15(16)12-19-13-20(17(23)24-14-19)7-6-18-8-10-22-11-9-18/h2-5H,6-14H2,1H3. The van der Waals surface area contributed by atoms with Crippen LogP contribution < -0.4 is 4.74 Å². The molecule has 0 amide bonds. The number of nitrogens with zero attached hydrogens (tertiary/aromatic N) is 3. The van der Waals surface area contributed by atoms with Crippen molar-refractivity contribution < 1.29 is 9.47 Å². The van der Waals surface area contributed by atoms with Crippen LogP contribution in [0.15, 0.2) is 24.3 Å². The zero-order valence-electron chi connectivity index (χ0n) is 14.1. The molecule has 0 atom stereocenters. The van der Waals surface area contributed by atoms with Gasteiger partial charge in [-0.25, -0.2) is 0 Å². The van der Waals surface area contributed by atoms with Gasteiger partial charge < -0.3 is 14.4 Å². The lowest BCUT2D eigenvalue weighted by Gasteiger charge is -2.38. The molecule has 7 heteroatoms. The van der Waals surface area contributed by atoms with Gasteiger partial charge in [-0.3, -0.25) is 9.80 Å². The van der Waals surface area contributed by atoms with Crippen molar-refractivity contribution in [2.75, 3.05) is 59.0 Å². The summed E-state index contributed by atoms with van der Waals surface area (Å²) >= 11 is 7.31. The number of methoxy groups -OCH3 is 1. The van der Waals surface area contributed by atoms with Crippen LogP contribution in [0.5, 0.6) is 5.75 Å². The van der Waals surface area contributed by atoms with Gasteiger partial charge in [0.2, 0.25) is 0 Å². The summed E-state index contributed by atoms with van der Waals surface area (Å²) in [6.07, 6.45) is 0. The van der Waals surface area contributed by atoms with Crippen molar-refractivity contribution in [1.82, 2.24) is 14.7 Å². The highest BCUT2D eigenvalue weighted by molar-refractivity contribution is 8.22. The number of morpholine rings is 1. The van der Waals surface area contributed by atoms with Crippen molar-refractivity contribution >= 4 is 28.3 Å². The summed E-state index contributed by atoms with van der Waals surface area (Å²) in [4.78, 5) is 7.18. The smallest absolute Gasteiger partial charge is 0.138 e. The number of hydrogen-bond donors (Lipinski definition) is 0. The van der Waals surface area contributed by atoms with Gasteiger partial charge in [-0.15, -0.1) is 0 Å². The Balaban J connectivity index is 1.53.